The molecule has 0 bridgehead atoms. The number of nitrogens with zero attached hydrogens (tertiary/aromatic N) is 2. The largest absolute Gasteiger partial charge is 0.395 e. The summed E-state index contributed by atoms with van der Waals surface area (Å²) in [6, 6.07) is 13.4. The van der Waals surface area contributed by atoms with Gasteiger partial charge in [0.25, 0.3) is 11.8 Å². The number of benzene rings is 2. The molecule has 3 rings (SSSR count). The zero-order valence-electron chi connectivity index (χ0n) is 18.4. The summed E-state index contributed by atoms with van der Waals surface area (Å²) in [5, 5.41) is 2.83. The maximum atomic E-state index is 13.6. The van der Waals surface area contributed by atoms with Crippen molar-refractivity contribution in [2.24, 2.45) is 5.73 Å². The summed E-state index contributed by atoms with van der Waals surface area (Å²) in [4.78, 5) is 39.7. The molecule has 3 amide bonds. The van der Waals surface area contributed by atoms with E-state index < -0.39 is 29.6 Å². The molecule has 11 heteroatoms. The number of nitrogen functional groups attached to an aromatic ring is 1. The third-order valence-corrected chi connectivity index (χ3v) is 5.86. The molecule has 178 valence electrons. The topological polar surface area (TPSA) is 141 Å². The lowest BCUT2D eigenvalue weighted by Crippen LogP contribution is -2.45. The van der Waals surface area contributed by atoms with E-state index in [1.54, 1.807) is 0 Å². The number of anilines is 1. The summed E-state index contributed by atoms with van der Waals surface area (Å²) in [5.41, 5.74) is 12.1. The normalized spacial score (nSPS) is 11.6. The van der Waals surface area contributed by atoms with Crippen molar-refractivity contribution >= 4 is 34.9 Å². The number of rotatable bonds is 10. The molecule has 0 fully saturated rings. The van der Waals surface area contributed by atoms with Crippen LogP contribution in [-0.2, 0) is 16.1 Å². The van der Waals surface area contributed by atoms with Gasteiger partial charge in [0.05, 0.1) is 12.3 Å². The summed E-state index contributed by atoms with van der Waals surface area (Å²) < 4.78 is 22.6. The number of carbonyl (C=O) groups excluding carboxylic acids is 3. The Morgan fingerprint density at radius 1 is 1.15 bits per heavy atom. The highest BCUT2D eigenvalue weighted by Gasteiger charge is 2.34. The molecule has 3 aromatic rings. The third-order valence-electron chi connectivity index (χ3n) is 5.01. The van der Waals surface area contributed by atoms with Gasteiger partial charge in [-0.3, -0.25) is 14.4 Å². The van der Waals surface area contributed by atoms with Crippen LogP contribution in [-0.4, -0.2) is 47.3 Å². The van der Waals surface area contributed by atoms with E-state index >= 15 is 0 Å². The van der Waals surface area contributed by atoms with Crippen LogP contribution < -0.4 is 16.8 Å². The van der Waals surface area contributed by atoms with Crippen molar-refractivity contribution < 1.29 is 23.5 Å². The molecule has 5 N–H and O–H groups in total. The first kappa shape index (κ1) is 24.8. The number of hydrogen-bond acceptors (Lipinski definition) is 7. The molecular formula is C23H24FN5O4S. The van der Waals surface area contributed by atoms with E-state index in [0.29, 0.717) is 17.1 Å². The lowest BCUT2D eigenvalue weighted by atomic mass is 10.0. The number of ether oxygens (including phenoxy) is 1. The molecular weight excluding hydrogens is 461 g/mol. The lowest BCUT2D eigenvalue weighted by molar-refractivity contribution is -0.126. The highest BCUT2D eigenvalue weighted by molar-refractivity contribution is 7.09. The molecule has 34 heavy (non-hydrogen) atoms. The van der Waals surface area contributed by atoms with Gasteiger partial charge in [-0.15, -0.1) is 0 Å². The van der Waals surface area contributed by atoms with Crippen molar-refractivity contribution in [3.05, 3.63) is 82.1 Å². The van der Waals surface area contributed by atoms with E-state index in [2.05, 4.69) is 9.69 Å². The zero-order valence-corrected chi connectivity index (χ0v) is 19.2. The number of amides is 3. The predicted molar refractivity (Wildman–Crippen MR) is 125 cm³/mol. The summed E-state index contributed by atoms with van der Waals surface area (Å²) in [5.74, 6) is -2.48. The van der Waals surface area contributed by atoms with Gasteiger partial charge in [0.1, 0.15) is 16.7 Å². The number of primary amides is 1. The van der Waals surface area contributed by atoms with Crippen molar-refractivity contribution in [2.45, 2.75) is 12.6 Å². The van der Waals surface area contributed by atoms with Crippen LogP contribution in [0.1, 0.15) is 37.3 Å². The first-order chi connectivity index (χ1) is 16.3. The Morgan fingerprint density at radius 2 is 1.82 bits per heavy atom. The number of halogens is 1. The molecule has 1 aromatic heterocycles. The standard InChI is InChI=1S/C23H24FN5O4S/c1-33-12-11-29(23(32)20-17(25)18(21(26)30)28-34-20)19(15-7-9-16(24)10-8-15)22(31)27-13-14-5-3-2-4-6-14/h2-10,19H,11-13,25H2,1H3,(H2,26,30)(H,27,31)/t19-/m1/s1. The molecule has 0 aliphatic rings. The molecule has 2 aromatic carbocycles. The van der Waals surface area contributed by atoms with Gasteiger partial charge in [0, 0.05) is 20.2 Å². The van der Waals surface area contributed by atoms with Crippen LogP contribution >= 0.6 is 11.5 Å². The summed E-state index contributed by atoms with van der Waals surface area (Å²) in [6.07, 6.45) is 0. The average Bonchev–Trinajstić information content (AvgIpc) is 3.23. The Bertz CT molecular complexity index is 1150. The predicted octanol–water partition coefficient (Wildman–Crippen LogP) is 2.11. The van der Waals surface area contributed by atoms with E-state index in [9.17, 15) is 18.8 Å². The van der Waals surface area contributed by atoms with Gasteiger partial charge < -0.3 is 26.4 Å². The van der Waals surface area contributed by atoms with Crippen LogP contribution in [0.25, 0.3) is 0 Å². The maximum Gasteiger partial charge on any atom is 0.270 e. The van der Waals surface area contributed by atoms with Crippen LogP contribution in [0.3, 0.4) is 0 Å². The first-order valence-electron chi connectivity index (χ1n) is 10.3. The quantitative estimate of drug-likeness (QED) is 0.402. The number of hydrogen-bond donors (Lipinski definition) is 3. The summed E-state index contributed by atoms with van der Waals surface area (Å²) in [7, 11) is 1.46. The Hall–Kier alpha value is -3.83. The molecule has 1 heterocycles. The van der Waals surface area contributed by atoms with E-state index in [1.807, 2.05) is 30.3 Å². The number of aromatic nitrogens is 1. The molecule has 0 unspecified atom stereocenters. The second kappa shape index (κ2) is 11.3. The number of methoxy groups -OCH3 is 1. The minimum atomic E-state index is -1.13. The van der Waals surface area contributed by atoms with E-state index in [1.165, 1.54) is 36.3 Å². The monoisotopic (exact) mass is 485 g/mol. The van der Waals surface area contributed by atoms with Crippen LogP contribution in [0.5, 0.6) is 0 Å². The second-order valence-corrected chi connectivity index (χ2v) is 8.06. The molecule has 0 aliphatic carbocycles. The smallest absolute Gasteiger partial charge is 0.270 e. The molecule has 9 nitrogen and oxygen atoms in total. The molecule has 0 saturated heterocycles. The van der Waals surface area contributed by atoms with Gasteiger partial charge >= 0.3 is 0 Å². The minimum Gasteiger partial charge on any atom is -0.395 e. The minimum absolute atomic E-state index is 0.0133. The molecule has 0 saturated carbocycles. The van der Waals surface area contributed by atoms with Crippen LogP contribution in [0.15, 0.2) is 54.6 Å². The molecule has 0 radical (unpaired) electrons. The Labute approximate surface area is 199 Å². The zero-order chi connectivity index (χ0) is 24.7. The van der Waals surface area contributed by atoms with E-state index in [4.69, 9.17) is 16.2 Å². The molecule has 1 atom stereocenters. The summed E-state index contributed by atoms with van der Waals surface area (Å²) in [6.45, 7) is 0.342. The van der Waals surface area contributed by atoms with Gasteiger partial charge in [-0.05, 0) is 34.8 Å². The Kier molecular flexibility index (Phi) is 8.28. The van der Waals surface area contributed by atoms with Crippen molar-refractivity contribution in [1.29, 1.82) is 0 Å². The fraction of sp³-hybridized carbons (Fsp3) is 0.217. The van der Waals surface area contributed by atoms with Gasteiger partial charge in [0.2, 0.25) is 5.91 Å². The van der Waals surface area contributed by atoms with Crippen molar-refractivity contribution in [1.82, 2.24) is 14.6 Å². The summed E-state index contributed by atoms with van der Waals surface area (Å²) >= 11 is 0.712. The fourth-order valence-electron chi connectivity index (χ4n) is 3.30. The maximum absolute atomic E-state index is 13.6. The van der Waals surface area contributed by atoms with Crippen molar-refractivity contribution in [2.75, 3.05) is 26.0 Å². The molecule has 0 aliphatic heterocycles. The SMILES string of the molecule is COCCN(C(=O)c1snc(C(N)=O)c1N)[C@@H](C(=O)NCc1ccccc1)c1ccc(F)cc1. The number of nitrogens with one attached hydrogen (secondary N) is 1. The third kappa shape index (κ3) is 5.74. The van der Waals surface area contributed by atoms with Crippen LogP contribution in [0, 0.1) is 5.82 Å². The van der Waals surface area contributed by atoms with Gasteiger partial charge in [-0.25, -0.2) is 4.39 Å². The van der Waals surface area contributed by atoms with Gasteiger partial charge in [-0.2, -0.15) is 4.37 Å². The van der Waals surface area contributed by atoms with Crippen molar-refractivity contribution in [3.8, 4) is 0 Å². The van der Waals surface area contributed by atoms with Gasteiger partial charge in [0.15, 0.2) is 5.69 Å². The Morgan fingerprint density at radius 3 is 2.41 bits per heavy atom. The van der Waals surface area contributed by atoms with E-state index in [0.717, 1.165) is 5.56 Å². The fourth-order valence-corrected chi connectivity index (χ4v) is 4.06. The van der Waals surface area contributed by atoms with Crippen molar-refractivity contribution in [3.63, 3.8) is 0 Å². The lowest BCUT2D eigenvalue weighted by Gasteiger charge is -2.31. The molecule has 0 spiro atoms. The average molecular weight is 486 g/mol. The van der Waals surface area contributed by atoms with Crippen LogP contribution in [0.2, 0.25) is 0 Å². The van der Waals surface area contributed by atoms with E-state index in [-0.39, 0.29) is 36.0 Å². The van der Waals surface area contributed by atoms with Crippen LogP contribution in [0.4, 0.5) is 10.1 Å². The Balaban J connectivity index is 1.99. The highest BCUT2D eigenvalue weighted by atomic mass is 32.1. The first-order valence-corrected chi connectivity index (χ1v) is 11.0. The second-order valence-electron chi connectivity index (χ2n) is 7.29. The number of nitrogens with two attached hydrogens (primary N) is 2. The van der Waals surface area contributed by atoms with Gasteiger partial charge in [-0.1, -0.05) is 42.5 Å². The highest BCUT2D eigenvalue weighted by Crippen LogP contribution is 2.29. The number of carbonyl (C=O) groups is 3.